The smallest absolute Gasteiger partial charge is 0.216 e. The van der Waals surface area contributed by atoms with Crippen LogP contribution in [-0.4, -0.2) is 25.8 Å². The minimum atomic E-state index is -3.27. The zero-order valence-electron chi connectivity index (χ0n) is 17.5. The lowest BCUT2D eigenvalue weighted by Crippen LogP contribution is -2.46. The second kappa shape index (κ2) is 9.18. The van der Waals surface area contributed by atoms with Crippen LogP contribution in [-0.2, 0) is 10.0 Å². The Bertz CT molecular complexity index is 867. The highest BCUT2D eigenvalue weighted by Gasteiger charge is 2.32. The summed E-state index contributed by atoms with van der Waals surface area (Å²) in [5.74, 6) is 2.20. The van der Waals surface area contributed by atoms with Gasteiger partial charge in [0.1, 0.15) is 11.5 Å². The second-order valence-electron chi connectivity index (χ2n) is 8.77. The van der Waals surface area contributed by atoms with Crippen LogP contribution >= 0.6 is 0 Å². The topological polar surface area (TPSA) is 67.4 Å². The fourth-order valence-corrected chi connectivity index (χ4v) is 4.44. The van der Waals surface area contributed by atoms with E-state index in [1.54, 1.807) is 20.8 Å². The van der Waals surface area contributed by atoms with Gasteiger partial charge in [-0.25, -0.2) is 13.1 Å². The van der Waals surface area contributed by atoms with E-state index < -0.39 is 14.8 Å². The third-order valence-electron chi connectivity index (χ3n) is 5.40. The normalized spacial score (nSPS) is 20.2. The molecule has 1 aliphatic rings. The summed E-state index contributed by atoms with van der Waals surface area (Å²) >= 11 is 0. The minimum absolute atomic E-state index is 0.0601. The molecule has 0 amide bonds. The standard InChI is InChI=1S/C23H32N2O3S/c1-23(2,3)29(26,27)25-20-11-9-18(10-12-20)17-24-19-13-15-22(16-14-19)28-21-7-5-4-6-8-21/h4-8,13-16,18,20,24-25H,9-12,17H2,1-3H3/t18-,20-. The number of ether oxygens (including phenoxy) is 1. The predicted molar refractivity (Wildman–Crippen MR) is 119 cm³/mol. The summed E-state index contributed by atoms with van der Waals surface area (Å²) in [5, 5.41) is 3.50. The van der Waals surface area contributed by atoms with E-state index in [1.165, 1.54) is 0 Å². The number of anilines is 1. The van der Waals surface area contributed by atoms with E-state index in [1.807, 2.05) is 54.6 Å². The first-order chi connectivity index (χ1) is 13.7. The average Bonchev–Trinajstić information content (AvgIpc) is 2.68. The molecule has 1 aliphatic carbocycles. The molecular weight excluding hydrogens is 384 g/mol. The number of para-hydroxylation sites is 1. The van der Waals surface area contributed by atoms with Crippen molar-refractivity contribution in [1.29, 1.82) is 0 Å². The van der Waals surface area contributed by atoms with Crippen molar-refractivity contribution in [1.82, 2.24) is 4.72 Å². The fourth-order valence-electron chi connectivity index (χ4n) is 3.41. The van der Waals surface area contributed by atoms with E-state index in [4.69, 9.17) is 4.74 Å². The highest BCUT2D eigenvalue weighted by Crippen LogP contribution is 2.27. The Balaban J connectivity index is 1.42. The molecule has 2 N–H and O–H groups in total. The quantitative estimate of drug-likeness (QED) is 0.654. The lowest BCUT2D eigenvalue weighted by Gasteiger charge is -2.31. The van der Waals surface area contributed by atoms with Crippen LogP contribution in [0, 0.1) is 5.92 Å². The molecule has 2 aromatic rings. The molecule has 0 aliphatic heterocycles. The molecular formula is C23H32N2O3S. The molecule has 29 heavy (non-hydrogen) atoms. The number of nitrogens with one attached hydrogen (secondary N) is 2. The van der Waals surface area contributed by atoms with Crippen LogP contribution in [0.3, 0.4) is 0 Å². The SMILES string of the molecule is CC(C)(C)S(=O)(=O)N[C@H]1CC[C@H](CNc2ccc(Oc3ccccc3)cc2)CC1. The van der Waals surface area contributed by atoms with Crippen molar-refractivity contribution in [3.05, 3.63) is 54.6 Å². The summed E-state index contributed by atoms with van der Waals surface area (Å²) in [6.07, 6.45) is 3.84. The molecule has 2 aromatic carbocycles. The lowest BCUT2D eigenvalue weighted by molar-refractivity contribution is 0.322. The maximum Gasteiger partial charge on any atom is 0.216 e. The van der Waals surface area contributed by atoms with Gasteiger partial charge < -0.3 is 10.1 Å². The van der Waals surface area contributed by atoms with Gasteiger partial charge in [-0.3, -0.25) is 0 Å². The number of sulfonamides is 1. The highest BCUT2D eigenvalue weighted by atomic mass is 32.2. The van der Waals surface area contributed by atoms with Crippen LogP contribution < -0.4 is 14.8 Å². The van der Waals surface area contributed by atoms with Crippen LogP contribution in [0.15, 0.2) is 54.6 Å². The van der Waals surface area contributed by atoms with Gasteiger partial charge in [-0.15, -0.1) is 0 Å². The van der Waals surface area contributed by atoms with E-state index in [-0.39, 0.29) is 6.04 Å². The second-order valence-corrected chi connectivity index (χ2v) is 11.2. The summed E-state index contributed by atoms with van der Waals surface area (Å²) in [6.45, 7) is 6.11. The molecule has 0 aromatic heterocycles. The van der Waals surface area contributed by atoms with Crippen molar-refractivity contribution >= 4 is 15.7 Å². The van der Waals surface area contributed by atoms with Gasteiger partial charge in [0, 0.05) is 18.3 Å². The first-order valence-electron chi connectivity index (χ1n) is 10.3. The van der Waals surface area contributed by atoms with Crippen LogP contribution in [0.1, 0.15) is 46.5 Å². The van der Waals surface area contributed by atoms with Crippen molar-refractivity contribution in [2.24, 2.45) is 5.92 Å². The van der Waals surface area contributed by atoms with Gasteiger partial charge in [-0.1, -0.05) is 18.2 Å². The number of benzene rings is 2. The largest absolute Gasteiger partial charge is 0.457 e. The zero-order chi connectivity index (χ0) is 20.9. The molecule has 3 rings (SSSR count). The summed E-state index contributed by atoms with van der Waals surface area (Å²) < 4.78 is 32.6. The Labute approximate surface area is 174 Å². The summed E-state index contributed by atoms with van der Waals surface area (Å²) in [4.78, 5) is 0. The molecule has 1 fully saturated rings. The summed E-state index contributed by atoms with van der Waals surface area (Å²) in [6, 6.07) is 17.8. The molecule has 0 atom stereocenters. The number of rotatable bonds is 7. The first-order valence-corrected chi connectivity index (χ1v) is 11.8. The van der Waals surface area contributed by atoms with Crippen molar-refractivity contribution in [2.75, 3.05) is 11.9 Å². The Kier molecular flexibility index (Phi) is 6.85. The highest BCUT2D eigenvalue weighted by molar-refractivity contribution is 7.90. The monoisotopic (exact) mass is 416 g/mol. The van der Waals surface area contributed by atoms with Crippen LogP contribution in [0.4, 0.5) is 5.69 Å². The maximum absolute atomic E-state index is 12.3. The molecule has 0 radical (unpaired) electrons. The predicted octanol–water partition coefficient (Wildman–Crippen LogP) is 5.17. The van der Waals surface area contributed by atoms with Crippen molar-refractivity contribution in [3.63, 3.8) is 0 Å². The molecule has 6 heteroatoms. The maximum atomic E-state index is 12.3. The Morgan fingerprint density at radius 1 is 0.897 bits per heavy atom. The van der Waals surface area contributed by atoms with E-state index in [0.29, 0.717) is 5.92 Å². The van der Waals surface area contributed by atoms with Gasteiger partial charge >= 0.3 is 0 Å². The molecule has 0 heterocycles. The Morgan fingerprint density at radius 3 is 2.07 bits per heavy atom. The van der Waals surface area contributed by atoms with Gasteiger partial charge in [0.2, 0.25) is 10.0 Å². The first kappa shape index (κ1) is 21.7. The molecule has 0 bridgehead atoms. The summed E-state index contributed by atoms with van der Waals surface area (Å²) in [5.41, 5.74) is 1.07. The molecule has 0 spiro atoms. The van der Waals surface area contributed by atoms with Crippen molar-refractivity contribution < 1.29 is 13.2 Å². The van der Waals surface area contributed by atoms with Crippen LogP contribution in [0.5, 0.6) is 11.5 Å². The van der Waals surface area contributed by atoms with Crippen LogP contribution in [0.25, 0.3) is 0 Å². The average molecular weight is 417 g/mol. The van der Waals surface area contributed by atoms with E-state index in [2.05, 4.69) is 10.0 Å². The molecule has 5 nitrogen and oxygen atoms in total. The lowest BCUT2D eigenvalue weighted by atomic mass is 9.86. The van der Waals surface area contributed by atoms with Crippen molar-refractivity contribution in [2.45, 2.75) is 57.2 Å². The van der Waals surface area contributed by atoms with Gasteiger partial charge in [-0.2, -0.15) is 0 Å². The number of hydrogen-bond acceptors (Lipinski definition) is 4. The third kappa shape index (κ3) is 6.21. The van der Waals surface area contributed by atoms with Crippen molar-refractivity contribution in [3.8, 4) is 11.5 Å². The van der Waals surface area contributed by atoms with Gasteiger partial charge in [0.05, 0.1) is 4.75 Å². The van der Waals surface area contributed by atoms with Gasteiger partial charge in [0.15, 0.2) is 0 Å². The van der Waals surface area contributed by atoms with Gasteiger partial charge in [0.25, 0.3) is 0 Å². The van der Waals surface area contributed by atoms with E-state index in [9.17, 15) is 8.42 Å². The Hall–Kier alpha value is -2.05. The van der Waals surface area contributed by atoms with Crippen LogP contribution in [0.2, 0.25) is 0 Å². The zero-order valence-corrected chi connectivity index (χ0v) is 18.3. The Morgan fingerprint density at radius 2 is 1.48 bits per heavy atom. The molecule has 1 saturated carbocycles. The third-order valence-corrected chi connectivity index (χ3v) is 7.66. The van der Waals surface area contributed by atoms with Gasteiger partial charge in [-0.05, 0) is 88.8 Å². The molecule has 158 valence electrons. The minimum Gasteiger partial charge on any atom is -0.457 e. The molecule has 0 saturated heterocycles. The summed E-state index contributed by atoms with van der Waals surface area (Å²) in [7, 11) is -3.27. The van der Waals surface area contributed by atoms with E-state index in [0.717, 1.165) is 49.4 Å². The number of hydrogen-bond donors (Lipinski definition) is 2. The fraction of sp³-hybridized carbons (Fsp3) is 0.478. The van der Waals surface area contributed by atoms with E-state index >= 15 is 0 Å². The molecule has 0 unspecified atom stereocenters.